The van der Waals surface area contributed by atoms with Crippen molar-refractivity contribution in [1.82, 2.24) is 9.97 Å². The van der Waals surface area contributed by atoms with Crippen LogP contribution in [0.1, 0.15) is 19.8 Å². The first-order chi connectivity index (χ1) is 11.3. The number of rotatable bonds is 3. The summed E-state index contributed by atoms with van der Waals surface area (Å²) in [5.74, 6) is 0.763. The number of benzene rings is 1. The Hall–Kier alpha value is -2.53. The van der Waals surface area contributed by atoms with E-state index < -0.39 is 0 Å². The van der Waals surface area contributed by atoms with Crippen molar-refractivity contribution in [1.29, 1.82) is 0 Å². The van der Waals surface area contributed by atoms with Crippen LogP contribution in [0.3, 0.4) is 0 Å². The Morgan fingerprint density at radius 1 is 1.13 bits per heavy atom. The maximum Gasteiger partial charge on any atom is 0.158 e. The molecule has 0 fully saturated rings. The molecule has 1 aliphatic rings. The quantitative estimate of drug-likeness (QED) is 0.701. The molecule has 1 aliphatic carbocycles. The van der Waals surface area contributed by atoms with Crippen LogP contribution in [-0.4, -0.2) is 15.7 Å². The number of anilines is 1. The lowest BCUT2D eigenvalue weighted by Crippen LogP contribution is -1.98. The fraction of sp³-hybridized carbons (Fsp3) is 0.167. The molecule has 5 heteroatoms. The van der Waals surface area contributed by atoms with Crippen LogP contribution < -0.4 is 5.43 Å². The molecule has 0 saturated heterocycles. The maximum absolute atomic E-state index is 4.48. The second-order valence-electron chi connectivity index (χ2n) is 5.62. The molecule has 0 radical (unpaired) electrons. The lowest BCUT2D eigenvalue weighted by atomic mass is 10.2. The molecule has 4 nitrogen and oxygen atoms in total. The highest BCUT2D eigenvalue weighted by Gasteiger charge is 2.11. The third-order valence-corrected chi connectivity index (χ3v) is 4.97. The molecule has 1 aromatic carbocycles. The Kier molecular flexibility index (Phi) is 3.63. The van der Waals surface area contributed by atoms with Crippen LogP contribution in [0.25, 0.3) is 20.7 Å². The average Bonchev–Trinajstić information content (AvgIpc) is 3.20. The second-order valence-corrected chi connectivity index (χ2v) is 6.65. The Morgan fingerprint density at radius 2 is 2.00 bits per heavy atom. The van der Waals surface area contributed by atoms with Crippen molar-refractivity contribution in [2.45, 2.75) is 19.8 Å². The predicted octanol–water partition coefficient (Wildman–Crippen LogP) is 4.87. The van der Waals surface area contributed by atoms with Gasteiger partial charge in [0.25, 0.3) is 0 Å². The number of aromatic nitrogens is 2. The number of fused-ring (bicyclic) bond motifs is 1. The summed E-state index contributed by atoms with van der Waals surface area (Å²) >= 11 is 1.67. The minimum absolute atomic E-state index is 0.763. The largest absolute Gasteiger partial charge is 0.260 e. The molecule has 0 unspecified atom stereocenters. The molecule has 1 N–H and O–H groups in total. The summed E-state index contributed by atoms with van der Waals surface area (Å²) in [5, 5.41) is 5.49. The summed E-state index contributed by atoms with van der Waals surface area (Å²) in [4.78, 5) is 10.9. The normalized spacial score (nSPS) is 16.0. The zero-order valence-electron chi connectivity index (χ0n) is 12.8. The standard InChI is InChI=1S/C18H16N4S/c1-12-7-8-14(9-12)21-22-17-15-10-16(13-5-3-2-4-6-13)23-18(15)20-11-19-17/h2-6,9-11H,7-8H2,1H3,(H,19,20,22)/b21-14+. The van der Waals surface area contributed by atoms with Gasteiger partial charge in [-0.05, 0) is 37.5 Å². The zero-order chi connectivity index (χ0) is 15.6. The number of allylic oxidation sites excluding steroid dienone is 2. The zero-order valence-corrected chi connectivity index (χ0v) is 13.6. The van der Waals surface area contributed by atoms with E-state index in [1.807, 2.05) is 18.2 Å². The second kappa shape index (κ2) is 5.93. The van der Waals surface area contributed by atoms with Gasteiger partial charge in [0, 0.05) is 4.88 Å². The Bertz CT molecular complexity index is 909. The van der Waals surface area contributed by atoms with Crippen molar-refractivity contribution in [2.24, 2.45) is 5.10 Å². The number of nitrogens with one attached hydrogen (secondary N) is 1. The summed E-state index contributed by atoms with van der Waals surface area (Å²) in [6, 6.07) is 12.5. The fourth-order valence-corrected chi connectivity index (χ4v) is 3.66. The molecular weight excluding hydrogens is 304 g/mol. The molecule has 3 aromatic rings. The van der Waals surface area contributed by atoms with Gasteiger partial charge in [-0.1, -0.05) is 35.9 Å². The van der Waals surface area contributed by atoms with E-state index in [9.17, 15) is 0 Å². The van der Waals surface area contributed by atoms with E-state index in [4.69, 9.17) is 0 Å². The summed E-state index contributed by atoms with van der Waals surface area (Å²) in [5.41, 5.74) is 6.76. The fourth-order valence-electron chi connectivity index (χ4n) is 2.66. The van der Waals surface area contributed by atoms with Crippen molar-refractivity contribution < 1.29 is 0 Å². The predicted molar refractivity (Wildman–Crippen MR) is 96.9 cm³/mol. The molecule has 2 aromatic heterocycles. The smallest absolute Gasteiger partial charge is 0.158 e. The van der Waals surface area contributed by atoms with Crippen LogP contribution in [0.4, 0.5) is 5.82 Å². The molecular formula is C18H16N4S. The third kappa shape index (κ3) is 2.87. The van der Waals surface area contributed by atoms with Gasteiger partial charge in [-0.3, -0.25) is 5.43 Å². The Morgan fingerprint density at radius 3 is 2.78 bits per heavy atom. The third-order valence-electron chi connectivity index (χ3n) is 3.88. The minimum Gasteiger partial charge on any atom is -0.260 e. The number of hydrogen-bond donors (Lipinski definition) is 1. The highest BCUT2D eigenvalue weighted by Crippen LogP contribution is 2.34. The molecule has 0 bridgehead atoms. The number of nitrogens with zero attached hydrogens (tertiary/aromatic N) is 3. The molecule has 0 amide bonds. The van der Waals surface area contributed by atoms with Crippen molar-refractivity contribution in [2.75, 3.05) is 5.43 Å². The molecule has 0 aliphatic heterocycles. The highest BCUT2D eigenvalue weighted by molar-refractivity contribution is 7.21. The SMILES string of the molecule is CC1=C/C(=N/Nc2ncnc3sc(-c4ccccc4)cc23)CC1. The van der Waals surface area contributed by atoms with Crippen molar-refractivity contribution in [3.05, 3.63) is 54.4 Å². The molecule has 0 saturated carbocycles. The van der Waals surface area contributed by atoms with Crippen LogP contribution in [0, 0.1) is 0 Å². The van der Waals surface area contributed by atoms with Crippen molar-refractivity contribution >= 4 is 33.1 Å². The lowest BCUT2D eigenvalue weighted by Gasteiger charge is -2.01. The first-order valence-corrected chi connectivity index (χ1v) is 8.41. The van der Waals surface area contributed by atoms with Crippen LogP contribution in [0.15, 0.2) is 59.5 Å². The topological polar surface area (TPSA) is 50.2 Å². The van der Waals surface area contributed by atoms with Crippen molar-refractivity contribution in [3.8, 4) is 10.4 Å². The van der Waals surface area contributed by atoms with Crippen LogP contribution in [0.5, 0.6) is 0 Å². The lowest BCUT2D eigenvalue weighted by molar-refractivity contribution is 1.05. The average molecular weight is 320 g/mol. The molecule has 114 valence electrons. The van der Waals surface area contributed by atoms with E-state index in [1.54, 1.807) is 17.7 Å². The van der Waals surface area contributed by atoms with Crippen LogP contribution in [0.2, 0.25) is 0 Å². The summed E-state index contributed by atoms with van der Waals surface area (Å²) in [6.07, 6.45) is 5.81. The molecule has 0 atom stereocenters. The van der Waals surface area contributed by atoms with E-state index in [1.165, 1.54) is 16.0 Å². The van der Waals surface area contributed by atoms with Crippen molar-refractivity contribution in [3.63, 3.8) is 0 Å². The van der Waals surface area contributed by atoms with E-state index in [2.05, 4.69) is 51.7 Å². The van der Waals surface area contributed by atoms with E-state index in [0.717, 1.165) is 34.6 Å². The van der Waals surface area contributed by atoms with Gasteiger partial charge in [-0.15, -0.1) is 11.3 Å². The van der Waals surface area contributed by atoms with E-state index in [0.29, 0.717) is 0 Å². The van der Waals surface area contributed by atoms with Crippen LogP contribution >= 0.6 is 11.3 Å². The first kappa shape index (κ1) is 14.1. The van der Waals surface area contributed by atoms with Gasteiger partial charge >= 0.3 is 0 Å². The molecule has 4 rings (SSSR count). The molecule has 23 heavy (non-hydrogen) atoms. The minimum atomic E-state index is 0.763. The van der Waals surface area contributed by atoms with Gasteiger partial charge in [-0.25, -0.2) is 9.97 Å². The Labute approximate surface area is 138 Å². The monoisotopic (exact) mass is 320 g/mol. The summed E-state index contributed by atoms with van der Waals surface area (Å²) in [6.45, 7) is 2.14. The van der Waals surface area contributed by atoms with E-state index >= 15 is 0 Å². The van der Waals surface area contributed by atoms with Gasteiger partial charge in [-0.2, -0.15) is 5.10 Å². The number of hydrazone groups is 1. The summed E-state index contributed by atoms with van der Waals surface area (Å²) < 4.78 is 0. The van der Waals surface area contributed by atoms with E-state index in [-0.39, 0.29) is 0 Å². The Balaban J connectivity index is 1.69. The van der Waals surface area contributed by atoms with Gasteiger partial charge in [0.2, 0.25) is 0 Å². The first-order valence-electron chi connectivity index (χ1n) is 7.59. The number of hydrogen-bond acceptors (Lipinski definition) is 5. The highest BCUT2D eigenvalue weighted by atomic mass is 32.1. The molecule has 2 heterocycles. The van der Waals surface area contributed by atoms with Gasteiger partial charge < -0.3 is 0 Å². The number of thiophene rings is 1. The molecule has 0 spiro atoms. The van der Waals surface area contributed by atoms with Gasteiger partial charge in [0.05, 0.1) is 11.1 Å². The maximum atomic E-state index is 4.48. The van der Waals surface area contributed by atoms with Crippen LogP contribution in [-0.2, 0) is 0 Å². The van der Waals surface area contributed by atoms with Gasteiger partial charge in [0.15, 0.2) is 5.82 Å². The summed E-state index contributed by atoms with van der Waals surface area (Å²) in [7, 11) is 0. The van der Waals surface area contributed by atoms with Gasteiger partial charge in [0.1, 0.15) is 11.2 Å².